The van der Waals surface area contributed by atoms with Gasteiger partial charge in [0.2, 0.25) is 0 Å². The van der Waals surface area contributed by atoms with Gasteiger partial charge >= 0.3 is 0 Å². The third-order valence-corrected chi connectivity index (χ3v) is 2.01. The van der Waals surface area contributed by atoms with Gasteiger partial charge in [-0.3, -0.25) is 15.0 Å². The molecule has 7 heteroatoms. The zero-order valence-electron chi connectivity index (χ0n) is 7.75. The van der Waals surface area contributed by atoms with Gasteiger partial charge < -0.3 is 4.57 Å². The zero-order chi connectivity index (χ0) is 10.8. The van der Waals surface area contributed by atoms with Gasteiger partial charge in [-0.2, -0.15) is 5.10 Å². The van der Waals surface area contributed by atoms with Gasteiger partial charge in [0.05, 0.1) is 6.20 Å². The summed E-state index contributed by atoms with van der Waals surface area (Å²) in [5.41, 5.74) is 2.10. The first-order chi connectivity index (χ1) is 7.22. The molecule has 0 saturated heterocycles. The Bertz CT molecular complexity index is 555. The number of hydrogen-bond acceptors (Lipinski definition) is 4. The molecule has 78 valence electrons. The number of nitrogens with one attached hydrogen (secondary N) is 1. The molecule has 0 atom stereocenters. The quantitative estimate of drug-likeness (QED) is 0.355. The lowest BCUT2D eigenvalue weighted by atomic mass is 10.5. The molecule has 0 spiro atoms. The Morgan fingerprint density at radius 3 is 3.07 bits per heavy atom. The van der Waals surface area contributed by atoms with Crippen molar-refractivity contribution < 1.29 is 4.79 Å². The van der Waals surface area contributed by atoms with E-state index in [1.54, 1.807) is 12.3 Å². The third kappa shape index (κ3) is 1.59. The molecule has 7 nitrogen and oxygen atoms in total. The van der Waals surface area contributed by atoms with Crippen molar-refractivity contribution >= 4 is 11.4 Å². The van der Waals surface area contributed by atoms with E-state index in [1.165, 1.54) is 21.5 Å². The molecule has 2 heterocycles. The van der Waals surface area contributed by atoms with Crippen molar-refractivity contribution in [3.8, 4) is 0 Å². The maximum absolute atomic E-state index is 11.7. The van der Waals surface area contributed by atoms with Gasteiger partial charge in [0, 0.05) is 12.4 Å². The second-order valence-electron chi connectivity index (χ2n) is 2.96. The summed E-state index contributed by atoms with van der Waals surface area (Å²) in [6.45, 7) is -0.100. The van der Waals surface area contributed by atoms with Gasteiger partial charge in [-0.05, 0) is 6.07 Å². The van der Waals surface area contributed by atoms with Crippen LogP contribution in [0.1, 0.15) is 0 Å². The van der Waals surface area contributed by atoms with E-state index >= 15 is 0 Å². The van der Waals surface area contributed by atoms with Crippen molar-refractivity contribution in [1.29, 1.82) is 0 Å². The number of hydrogen-bond donors (Lipinski definition) is 2. The molecule has 2 aromatic rings. The summed E-state index contributed by atoms with van der Waals surface area (Å²) >= 11 is 0. The lowest BCUT2D eigenvalue weighted by molar-refractivity contribution is -0.121. The molecule has 3 N–H and O–H groups in total. The highest BCUT2D eigenvalue weighted by molar-refractivity contribution is 5.75. The average Bonchev–Trinajstić information content (AvgIpc) is 2.70. The van der Waals surface area contributed by atoms with Crippen LogP contribution < -0.4 is 16.8 Å². The van der Waals surface area contributed by atoms with Crippen molar-refractivity contribution in [3.63, 3.8) is 0 Å². The maximum Gasteiger partial charge on any atom is 0.277 e. The van der Waals surface area contributed by atoms with Gasteiger partial charge in [-0.15, -0.1) is 0 Å². The summed E-state index contributed by atoms with van der Waals surface area (Å²) in [4.78, 5) is 22.7. The number of nitrogens with two attached hydrogens (primary N) is 1. The van der Waals surface area contributed by atoms with Crippen LogP contribution in [-0.2, 0) is 11.3 Å². The number of carbonyl (C=O) groups excluding carboxylic acids is 1. The number of amides is 1. The lowest BCUT2D eigenvalue weighted by Gasteiger charge is -2.04. The Morgan fingerprint density at radius 1 is 1.53 bits per heavy atom. The van der Waals surface area contributed by atoms with Gasteiger partial charge in [-0.1, -0.05) is 0 Å². The summed E-state index contributed by atoms with van der Waals surface area (Å²) in [6, 6.07) is 1.58. The predicted molar refractivity (Wildman–Crippen MR) is 51.8 cm³/mol. The predicted octanol–water partition coefficient (Wildman–Crippen LogP) is -1.51. The zero-order valence-corrected chi connectivity index (χ0v) is 7.75. The van der Waals surface area contributed by atoms with E-state index in [1.807, 2.05) is 5.43 Å². The number of carbonyl (C=O) groups is 1. The summed E-state index contributed by atoms with van der Waals surface area (Å²) in [5, 5.41) is 3.90. The first-order valence-corrected chi connectivity index (χ1v) is 4.24. The molecule has 0 aliphatic carbocycles. The molecule has 2 aromatic heterocycles. The largest absolute Gasteiger partial charge is 0.303 e. The Hall–Kier alpha value is -2.15. The molecule has 0 aliphatic heterocycles. The minimum Gasteiger partial charge on any atom is -0.303 e. The van der Waals surface area contributed by atoms with Crippen LogP contribution in [0, 0.1) is 0 Å². The SMILES string of the molecule is NNC(=O)Cn1ccn2nccc2c1=O. The van der Waals surface area contributed by atoms with Crippen LogP contribution in [0.15, 0.2) is 29.5 Å². The molecule has 0 aliphatic rings. The third-order valence-electron chi connectivity index (χ3n) is 2.01. The van der Waals surface area contributed by atoms with E-state index in [9.17, 15) is 9.59 Å². The highest BCUT2D eigenvalue weighted by Crippen LogP contribution is 1.93. The Labute approximate surface area is 84.1 Å². The summed E-state index contributed by atoms with van der Waals surface area (Å²) in [6.07, 6.45) is 4.60. The fourth-order valence-corrected chi connectivity index (χ4v) is 1.29. The van der Waals surface area contributed by atoms with Crippen LogP contribution >= 0.6 is 0 Å². The lowest BCUT2D eigenvalue weighted by Crippen LogP contribution is -2.36. The van der Waals surface area contributed by atoms with Crippen molar-refractivity contribution in [2.45, 2.75) is 6.54 Å². The number of aromatic nitrogens is 3. The fraction of sp³-hybridized carbons (Fsp3) is 0.125. The standard InChI is InChI=1S/C8H9N5O2/c9-11-7(14)5-12-3-4-13-6(8(12)15)1-2-10-13/h1-4H,5,9H2,(H,11,14). The summed E-state index contributed by atoms with van der Waals surface area (Å²) in [7, 11) is 0. The maximum atomic E-state index is 11.7. The van der Waals surface area contributed by atoms with E-state index in [-0.39, 0.29) is 12.1 Å². The second kappa shape index (κ2) is 3.54. The highest BCUT2D eigenvalue weighted by atomic mass is 16.2. The average molecular weight is 207 g/mol. The summed E-state index contributed by atoms with van der Waals surface area (Å²) in [5.74, 6) is 4.50. The molecule has 0 saturated carbocycles. The smallest absolute Gasteiger partial charge is 0.277 e. The molecule has 0 fully saturated rings. The number of rotatable bonds is 2. The van der Waals surface area contributed by atoms with Gasteiger partial charge in [0.15, 0.2) is 0 Å². The number of nitrogens with zero attached hydrogens (tertiary/aromatic N) is 3. The molecule has 0 aromatic carbocycles. The molecule has 15 heavy (non-hydrogen) atoms. The van der Waals surface area contributed by atoms with Gasteiger partial charge in [-0.25, -0.2) is 10.4 Å². The van der Waals surface area contributed by atoms with E-state index < -0.39 is 5.91 Å². The monoisotopic (exact) mass is 207 g/mol. The highest BCUT2D eigenvalue weighted by Gasteiger charge is 2.05. The summed E-state index contributed by atoms with van der Waals surface area (Å²) < 4.78 is 2.71. The van der Waals surface area contributed by atoms with Crippen molar-refractivity contribution in [3.05, 3.63) is 35.0 Å². The second-order valence-corrected chi connectivity index (χ2v) is 2.96. The van der Waals surface area contributed by atoms with E-state index in [0.717, 1.165) is 0 Å². The fourth-order valence-electron chi connectivity index (χ4n) is 1.29. The molecule has 1 amide bonds. The molecule has 0 unspecified atom stereocenters. The van der Waals surface area contributed by atoms with E-state index in [0.29, 0.717) is 5.52 Å². The minimum absolute atomic E-state index is 0.100. The molecule has 2 rings (SSSR count). The molecule has 0 radical (unpaired) electrons. The van der Waals surface area contributed by atoms with Gasteiger partial charge in [0.25, 0.3) is 11.5 Å². The van der Waals surface area contributed by atoms with Crippen LogP contribution in [-0.4, -0.2) is 20.1 Å². The Balaban J connectivity index is 2.48. The van der Waals surface area contributed by atoms with Crippen LogP contribution in [0.4, 0.5) is 0 Å². The molecular weight excluding hydrogens is 198 g/mol. The van der Waals surface area contributed by atoms with Crippen molar-refractivity contribution in [1.82, 2.24) is 19.6 Å². The van der Waals surface area contributed by atoms with Crippen LogP contribution in [0.2, 0.25) is 0 Å². The minimum atomic E-state index is -0.430. The first kappa shape index (κ1) is 9.41. The molecule has 0 bridgehead atoms. The van der Waals surface area contributed by atoms with Crippen molar-refractivity contribution in [2.24, 2.45) is 5.84 Å². The first-order valence-electron chi connectivity index (χ1n) is 4.24. The normalized spacial score (nSPS) is 10.5. The molecular formula is C8H9N5O2. The van der Waals surface area contributed by atoms with Gasteiger partial charge in [0.1, 0.15) is 12.1 Å². The topological polar surface area (TPSA) is 94.4 Å². The van der Waals surface area contributed by atoms with E-state index in [4.69, 9.17) is 5.84 Å². The van der Waals surface area contributed by atoms with Crippen molar-refractivity contribution in [2.75, 3.05) is 0 Å². The Kier molecular flexibility index (Phi) is 2.22. The van der Waals surface area contributed by atoms with Crippen LogP contribution in [0.25, 0.3) is 5.52 Å². The number of fused-ring (bicyclic) bond motifs is 1. The van der Waals surface area contributed by atoms with E-state index in [2.05, 4.69) is 5.10 Å². The van der Waals surface area contributed by atoms with Crippen LogP contribution in [0.5, 0.6) is 0 Å². The van der Waals surface area contributed by atoms with Crippen LogP contribution in [0.3, 0.4) is 0 Å². The number of hydrazine groups is 1. The Morgan fingerprint density at radius 2 is 2.33 bits per heavy atom.